The largest absolute Gasteiger partial charge is 0.481 e. The molecule has 3 unspecified atom stereocenters. The van der Waals surface area contributed by atoms with Gasteiger partial charge in [0.05, 0.1) is 0 Å². The summed E-state index contributed by atoms with van der Waals surface area (Å²) in [6, 6.07) is 0. The topological polar surface area (TPSA) is 63.6 Å². The fourth-order valence-corrected chi connectivity index (χ4v) is 2.11. The zero-order valence-corrected chi connectivity index (χ0v) is 11.7. The minimum atomic E-state index is -0.833. The van der Waals surface area contributed by atoms with Crippen molar-refractivity contribution in [1.82, 2.24) is 0 Å². The number of hydrogen-bond acceptors (Lipinski definition) is 3. The van der Waals surface area contributed by atoms with Crippen LogP contribution in [0, 0.1) is 11.8 Å². The van der Waals surface area contributed by atoms with Crippen LogP contribution in [0.2, 0.25) is 0 Å². The number of carboxylic acid groups (broad SMARTS) is 1. The summed E-state index contributed by atoms with van der Waals surface area (Å²) in [5.74, 6) is 0.0364. The Bertz CT molecular complexity index is 305. The van der Waals surface area contributed by atoms with Crippen molar-refractivity contribution >= 4 is 11.9 Å². The van der Waals surface area contributed by atoms with Crippen molar-refractivity contribution in [2.45, 2.75) is 53.1 Å². The molecule has 0 bridgehead atoms. The molecule has 104 valence electrons. The molecule has 1 fully saturated rings. The van der Waals surface area contributed by atoms with Crippen LogP contribution >= 0.6 is 0 Å². The van der Waals surface area contributed by atoms with Gasteiger partial charge in [0.1, 0.15) is 6.10 Å². The normalized spacial score (nSPS) is 26.6. The summed E-state index contributed by atoms with van der Waals surface area (Å²) >= 11 is 0. The van der Waals surface area contributed by atoms with E-state index in [9.17, 15) is 4.79 Å². The lowest BCUT2D eigenvalue weighted by atomic mass is 9.78. The van der Waals surface area contributed by atoms with E-state index < -0.39 is 5.97 Å². The Labute approximate surface area is 109 Å². The van der Waals surface area contributed by atoms with E-state index >= 15 is 0 Å². The second-order valence-corrected chi connectivity index (χ2v) is 5.00. The smallest absolute Gasteiger partial charge is 0.302 e. The van der Waals surface area contributed by atoms with Gasteiger partial charge in [-0.1, -0.05) is 19.1 Å². The molecule has 1 aliphatic carbocycles. The Balaban J connectivity index is 0.000000631. The van der Waals surface area contributed by atoms with Crippen molar-refractivity contribution in [2.24, 2.45) is 11.8 Å². The average Bonchev–Trinajstić information content (AvgIpc) is 2.19. The van der Waals surface area contributed by atoms with Gasteiger partial charge in [-0.25, -0.2) is 0 Å². The van der Waals surface area contributed by atoms with Gasteiger partial charge in [0.15, 0.2) is 0 Å². The first kappa shape index (κ1) is 16.7. The number of aliphatic carboxylic acids is 1. The molecular formula is C14H24O4. The fourth-order valence-electron chi connectivity index (χ4n) is 2.11. The number of carboxylic acids is 1. The van der Waals surface area contributed by atoms with Gasteiger partial charge in [0, 0.05) is 13.8 Å². The van der Waals surface area contributed by atoms with Gasteiger partial charge < -0.3 is 9.84 Å². The summed E-state index contributed by atoms with van der Waals surface area (Å²) in [4.78, 5) is 19.9. The van der Waals surface area contributed by atoms with Crippen LogP contribution in [0.1, 0.15) is 47.0 Å². The van der Waals surface area contributed by atoms with Crippen LogP contribution in [0.4, 0.5) is 0 Å². The molecule has 4 heteroatoms. The molecule has 1 N–H and O–H groups in total. The second-order valence-electron chi connectivity index (χ2n) is 5.00. The van der Waals surface area contributed by atoms with Gasteiger partial charge >= 0.3 is 5.97 Å². The molecule has 1 aliphatic rings. The number of hydrogen-bond donors (Lipinski definition) is 1. The van der Waals surface area contributed by atoms with Crippen molar-refractivity contribution in [2.75, 3.05) is 0 Å². The van der Waals surface area contributed by atoms with Gasteiger partial charge in [-0.15, -0.1) is 0 Å². The Morgan fingerprint density at radius 1 is 1.22 bits per heavy atom. The minimum Gasteiger partial charge on any atom is -0.481 e. The molecule has 18 heavy (non-hydrogen) atoms. The van der Waals surface area contributed by atoms with Crippen molar-refractivity contribution in [3.63, 3.8) is 0 Å². The third kappa shape index (κ3) is 7.09. The van der Waals surface area contributed by atoms with Gasteiger partial charge in [-0.2, -0.15) is 0 Å². The number of carbonyl (C=O) groups is 2. The molecule has 0 radical (unpaired) electrons. The highest BCUT2D eigenvalue weighted by Crippen LogP contribution is 2.34. The predicted molar refractivity (Wildman–Crippen MR) is 70.2 cm³/mol. The SMILES string of the molecule is C=C(C)C1CCC(C)C(OC(C)=O)C1.CC(=O)O. The monoisotopic (exact) mass is 256 g/mol. The van der Waals surface area contributed by atoms with Crippen LogP contribution < -0.4 is 0 Å². The quantitative estimate of drug-likeness (QED) is 0.609. The lowest BCUT2D eigenvalue weighted by molar-refractivity contribution is -0.151. The first-order chi connectivity index (χ1) is 8.23. The Hall–Kier alpha value is -1.32. The molecule has 0 heterocycles. The lowest BCUT2D eigenvalue weighted by Crippen LogP contribution is -2.31. The van der Waals surface area contributed by atoms with Gasteiger partial charge in [0.25, 0.3) is 5.97 Å². The van der Waals surface area contributed by atoms with E-state index in [1.807, 2.05) is 0 Å². The van der Waals surface area contributed by atoms with Gasteiger partial charge in [-0.05, 0) is 38.0 Å². The van der Waals surface area contributed by atoms with Crippen molar-refractivity contribution < 1.29 is 19.4 Å². The maximum Gasteiger partial charge on any atom is 0.302 e. The molecule has 0 spiro atoms. The molecule has 0 aromatic carbocycles. The van der Waals surface area contributed by atoms with E-state index in [1.165, 1.54) is 18.9 Å². The maximum absolute atomic E-state index is 10.9. The Morgan fingerprint density at radius 3 is 2.11 bits per heavy atom. The fraction of sp³-hybridized carbons (Fsp3) is 0.714. The van der Waals surface area contributed by atoms with Crippen molar-refractivity contribution in [3.8, 4) is 0 Å². The molecule has 0 amide bonds. The number of carbonyl (C=O) groups excluding carboxylic acids is 1. The van der Waals surface area contributed by atoms with Crippen LogP contribution in [0.25, 0.3) is 0 Å². The number of ether oxygens (including phenoxy) is 1. The lowest BCUT2D eigenvalue weighted by Gasteiger charge is -2.33. The van der Waals surface area contributed by atoms with Crippen molar-refractivity contribution in [1.29, 1.82) is 0 Å². The van der Waals surface area contributed by atoms with Gasteiger partial charge in [0.2, 0.25) is 0 Å². The third-order valence-corrected chi connectivity index (χ3v) is 3.14. The third-order valence-electron chi connectivity index (χ3n) is 3.14. The Kier molecular flexibility index (Phi) is 7.32. The molecule has 0 aliphatic heterocycles. The molecule has 3 atom stereocenters. The average molecular weight is 256 g/mol. The minimum absolute atomic E-state index is 0.1000. The van der Waals surface area contributed by atoms with E-state index in [0.717, 1.165) is 19.8 Å². The summed E-state index contributed by atoms with van der Waals surface area (Å²) in [6.07, 6.45) is 3.38. The second kappa shape index (κ2) is 7.90. The maximum atomic E-state index is 10.9. The molecular weight excluding hydrogens is 232 g/mol. The summed E-state index contributed by atoms with van der Waals surface area (Å²) in [5.41, 5.74) is 1.22. The highest BCUT2D eigenvalue weighted by molar-refractivity contribution is 5.66. The van der Waals surface area contributed by atoms with Crippen LogP contribution in [0.3, 0.4) is 0 Å². The van der Waals surface area contributed by atoms with E-state index in [2.05, 4.69) is 20.4 Å². The number of esters is 1. The molecule has 1 saturated carbocycles. The van der Waals surface area contributed by atoms with Crippen LogP contribution in [0.5, 0.6) is 0 Å². The molecule has 0 saturated heterocycles. The first-order valence-electron chi connectivity index (χ1n) is 6.26. The van der Waals surface area contributed by atoms with E-state index in [4.69, 9.17) is 14.6 Å². The van der Waals surface area contributed by atoms with Crippen LogP contribution in [0.15, 0.2) is 12.2 Å². The summed E-state index contributed by atoms with van der Waals surface area (Å²) in [7, 11) is 0. The Morgan fingerprint density at radius 2 is 1.72 bits per heavy atom. The highest BCUT2D eigenvalue weighted by atomic mass is 16.5. The molecule has 0 aromatic rings. The zero-order valence-electron chi connectivity index (χ0n) is 11.7. The predicted octanol–water partition coefficient (Wildman–Crippen LogP) is 3.02. The highest BCUT2D eigenvalue weighted by Gasteiger charge is 2.29. The summed E-state index contributed by atoms with van der Waals surface area (Å²) in [6.45, 7) is 10.8. The molecule has 0 aromatic heterocycles. The first-order valence-corrected chi connectivity index (χ1v) is 6.26. The van der Waals surface area contributed by atoms with Crippen LogP contribution in [-0.4, -0.2) is 23.1 Å². The van der Waals surface area contributed by atoms with E-state index in [0.29, 0.717) is 11.8 Å². The van der Waals surface area contributed by atoms with Crippen molar-refractivity contribution in [3.05, 3.63) is 12.2 Å². The molecule has 1 rings (SSSR count). The number of rotatable bonds is 2. The molecule has 4 nitrogen and oxygen atoms in total. The zero-order chi connectivity index (χ0) is 14.3. The van der Waals surface area contributed by atoms with Crippen LogP contribution in [-0.2, 0) is 14.3 Å². The number of allylic oxidation sites excluding steroid dienone is 1. The van der Waals surface area contributed by atoms with E-state index in [1.54, 1.807) is 0 Å². The standard InChI is InChI=1S/C12H20O2.C2H4O2/c1-8(2)11-6-5-9(3)12(7-11)14-10(4)13;1-2(3)4/h9,11-12H,1,5-7H2,2-4H3;1H3,(H,3,4). The summed E-state index contributed by atoms with van der Waals surface area (Å²) in [5, 5.41) is 7.42. The van der Waals surface area contributed by atoms with Gasteiger partial charge in [-0.3, -0.25) is 9.59 Å². The van der Waals surface area contributed by atoms with E-state index in [-0.39, 0.29) is 12.1 Å². The summed E-state index contributed by atoms with van der Waals surface area (Å²) < 4.78 is 5.30.